The van der Waals surface area contributed by atoms with E-state index in [0.717, 1.165) is 11.3 Å². The summed E-state index contributed by atoms with van der Waals surface area (Å²) in [7, 11) is 1.86. The fourth-order valence-corrected chi connectivity index (χ4v) is 1.98. The third-order valence-electron chi connectivity index (χ3n) is 3.01. The Labute approximate surface area is 125 Å². The van der Waals surface area contributed by atoms with Gasteiger partial charge < -0.3 is 10.6 Å². The van der Waals surface area contributed by atoms with Crippen LogP contribution in [0.25, 0.3) is 11.3 Å². The Morgan fingerprint density at radius 1 is 1.24 bits per heavy atom. The van der Waals surface area contributed by atoms with Crippen molar-refractivity contribution in [2.45, 2.75) is 20.8 Å². The van der Waals surface area contributed by atoms with Gasteiger partial charge in [0.05, 0.1) is 17.6 Å². The second-order valence-corrected chi connectivity index (χ2v) is 6.26. The maximum atomic E-state index is 12.0. The van der Waals surface area contributed by atoms with E-state index in [0.29, 0.717) is 12.2 Å². The molecule has 0 fully saturated rings. The minimum atomic E-state index is -0.213. The van der Waals surface area contributed by atoms with E-state index in [-0.39, 0.29) is 11.4 Å². The molecule has 1 aromatic carbocycles. The Morgan fingerprint density at radius 3 is 2.52 bits per heavy atom. The zero-order chi connectivity index (χ0) is 15.5. The molecular weight excluding hydrogens is 264 g/mol. The molecule has 0 saturated carbocycles. The lowest BCUT2D eigenvalue weighted by Crippen LogP contribution is -2.35. The van der Waals surface area contributed by atoms with Crippen LogP contribution in [-0.2, 0) is 7.05 Å². The molecule has 1 aromatic heterocycles. The van der Waals surface area contributed by atoms with Gasteiger partial charge in [0.15, 0.2) is 0 Å². The molecule has 1 heterocycles. The maximum absolute atomic E-state index is 12.0. The predicted octanol–water partition coefficient (Wildman–Crippen LogP) is 3.25. The van der Waals surface area contributed by atoms with Gasteiger partial charge in [-0.1, -0.05) is 51.1 Å². The second-order valence-electron chi connectivity index (χ2n) is 6.26. The van der Waals surface area contributed by atoms with Gasteiger partial charge in [-0.05, 0) is 5.41 Å². The summed E-state index contributed by atoms with van der Waals surface area (Å²) >= 11 is 0. The predicted molar refractivity (Wildman–Crippen MR) is 85.1 cm³/mol. The molecule has 2 amide bonds. The van der Waals surface area contributed by atoms with Gasteiger partial charge >= 0.3 is 6.03 Å². The number of nitrogens with zero attached hydrogens (tertiary/aromatic N) is 2. The van der Waals surface area contributed by atoms with Crippen molar-refractivity contribution in [3.63, 3.8) is 0 Å². The van der Waals surface area contributed by atoms with Gasteiger partial charge in [0.2, 0.25) is 0 Å². The van der Waals surface area contributed by atoms with Crippen molar-refractivity contribution >= 4 is 11.7 Å². The fourth-order valence-electron chi connectivity index (χ4n) is 1.98. The van der Waals surface area contributed by atoms with E-state index in [1.54, 1.807) is 10.9 Å². The first-order chi connectivity index (χ1) is 9.87. The van der Waals surface area contributed by atoms with Gasteiger partial charge in [-0.2, -0.15) is 5.10 Å². The molecule has 0 aliphatic carbocycles. The van der Waals surface area contributed by atoms with Crippen molar-refractivity contribution in [2.75, 3.05) is 11.9 Å². The molecule has 112 valence electrons. The van der Waals surface area contributed by atoms with Crippen molar-refractivity contribution in [1.82, 2.24) is 15.1 Å². The Bertz CT molecular complexity index is 611. The standard InChI is InChI=1S/C16H22N4O/c1-16(2,3)11-17-15(21)19-13-10-18-20(4)14(13)12-8-6-5-7-9-12/h5-10H,11H2,1-4H3,(H2,17,19,21). The monoisotopic (exact) mass is 286 g/mol. The van der Waals surface area contributed by atoms with E-state index in [2.05, 4.69) is 36.5 Å². The largest absolute Gasteiger partial charge is 0.337 e. The van der Waals surface area contributed by atoms with Gasteiger partial charge in [-0.25, -0.2) is 4.79 Å². The van der Waals surface area contributed by atoms with Crippen LogP contribution < -0.4 is 10.6 Å². The lowest BCUT2D eigenvalue weighted by Gasteiger charge is -2.19. The average Bonchev–Trinajstić information content (AvgIpc) is 2.78. The number of benzene rings is 1. The molecule has 0 bridgehead atoms. The smallest absolute Gasteiger partial charge is 0.319 e. The molecule has 0 aliphatic heterocycles. The fraction of sp³-hybridized carbons (Fsp3) is 0.375. The van der Waals surface area contributed by atoms with Crippen molar-refractivity contribution in [1.29, 1.82) is 0 Å². The van der Waals surface area contributed by atoms with Gasteiger partial charge in [0.1, 0.15) is 0 Å². The van der Waals surface area contributed by atoms with Gasteiger partial charge in [-0.15, -0.1) is 0 Å². The van der Waals surface area contributed by atoms with Crippen LogP contribution in [0.3, 0.4) is 0 Å². The Hall–Kier alpha value is -2.30. The molecule has 2 rings (SSSR count). The number of rotatable bonds is 3. The molecule has 0 saturated heterocycles. The number of aromatic nitrogens is 2. The summed E-state index contributed by atoms with van der Waals surface area (Å²) in [6.45, 7) is 6.84. The third kappa shape index (κ3) is 4.08. The summed E-state index contributed by atoms with van der Waals surface area (Å²) < 4.78 is 1.76. The molecule has 0 radical (unpaired) electrons. The first-order valence-electron chi connectivity index (χ1n) is 6.99. The quantitative estimate of drug-likeness (QED) is 0.910. The highest BCUT2D eigenvalue weighted by Crippen LogP contribution is 2.26. The average molecular weight is 286 g/mol. The highest BCUT2D eigenvalue weighted by atomic mass is 16.2. The molecule has 0 spiro atoms. The summed E-state index contributed by atoms with van der Waals surface area (Å²) in [5.41, 5.74) is 2.66. The highest BCUT2D eigenvalue weighted by molar-refractivity contribution is 5.93. The highest BCUT2D eigenvalue weighted by Gasteiger charge is 2.15. The summed E-state index contributed by atoms with van der Waals surface area (Å²) in [5, 5.41) is 9.97. The molecule has 5 heteroatoms. The van der Waals surface area contributed by atoms with Gasteiger partial charge in [-0.3, -0.25) is 4.68 Å². The first-order valence-corrected chi connectivity index (χ1v) is 6.99. The van der Waals surface area contributed by atoms with Crippen molar-refractivity contribution in [2.24, 2.45) is 12.5 Å². The molecule has 21 heavy (non-hydrogen) atoms. The van der Waals surface area contributed by atoms with E-state index in [4.69, 9.17) is 0 Å². The molecule has 0 atom stereocenters. The minimum Gasteiger partial charge on any atom is -0.337 e. The van der Waals surface area contributed by atoms with E-state index < -0.39 is 0 Å². The summed E-state index contributed by atoms with van der Waals surface area (Å²) in [4.78, 5) is 12.0. The van der Waals surface area contributed by atoms with E-state index in [1.165, 1.54) is 0 Å². The molecule has 0 unspecified atom stereocenters. The van der Waals surface area contributed by atoms with Crippen molar-refractivity contribution in [3.8, 4) is 11.3 Å². The van der Waals surface area contributed by atoms with E-state index in [9.17, 15) is 4.79 Å². The number of anilines is 1. The van der Waals surface area contributed by atoms with Crippen molar-refractivity contribution in [3.05, 3.63) is 36.5 Å². The van der Waals surface area contributed by atoms with Crippen molar-refractivity contribution < 1.29 is 4.79 Å². The number of hydrogen-bond donors (Lipinski definition) is 2. The van der Waals surface area contributed by atoms with Crippen LogP contribution in [0.1, 0.15) is 20.8 Å². The number of carbonyl (C=O) groups is 1. The first kappa shape index (κ1) is 15.1. The lowest BCUT2D eigenvalue weighted by atomic mass is 9.97. The minimum absolute atomic E-state index is 0.0501. The van der Waals surface area contributed by atoms with Crippen LogP contribution in [0.5, 0.6) is 0 Å². The van der Waals surface area contributed by atoms with Crippen LogP contribution in [0, 0.1) is 5.41 Å². The van der Waals surface area contributed by atoms with Crippen LogP contribution in [0.15, 0.2) is 36.5 Å². The number of amides is 2. The normalized spacial score (nSPS) is 11.2. The summed E-state index contributed by atoms with van der Waals surface area (Å²) in [6.07, 6.45) is 1.67. The SMILES string of the molecule is Cn1ncc(NC(=O)NCC(C)(C)C)c1-c1ccccc1. The molecule has 2 N–H and O–H groups in total. The topological polar surface area (TPSA) is 59.0 Å². The third-order valence-corrected chi connectivity index (χ3v) is 3.01. The maximum Gasteiger partial charge on any atom is 0.319 e. The zero-order valence-electron chi connectivity index (χ0n) is 13.0. The Morgan fingerprint density at radius 2 is 1.90 bits per heavy atom. The summed E-state index contributed by atoms with van der Waals surface area (Å²) in [6, 6.07) is 9.67. The number of urea groups is 1. The molecule has 2 aromatic rings. The van der Waals surface area contributed by atoms with Crippen LogP contribution in [0.4, 0.5) is 10.5 Å². The van der Waals surface area contributed by atoms with Gasteiger partial charge in [0, 0.05) is 19.2 Å². The number of carbonyl (C=O) groups excluding carboxylic acids is 1. The van der Waals surface area contributed by atoms with Gasteiger partial charge in [0.25, 0.3) is 0 Å². The molecular formula is C16H22N4O. The second kappa shape index (κ2) is 5.99. The Balaban J connectivity index is 2.13. The van der Waals surface area contributed by atoms with Crippen LogP contribution >= 0.6 is 0 Å². The number of nitrogens with one attached hydrogen (secondary N) is 2. The van der Waals surface area contributed by atoms with E-state index in [1.807, 2.05) is 37.4 Å². The number of aryl methyl sites for hydroxylation is 1. The van der Waals surface area contributed by atoms with Crippen LogP contribution in [-0.4, -0.2) is 22.4 Å². The van der Waals surface area contributed by atoms with E-state index >= 15 is 0 Å². The lowest BCUT2D eigenvalue weighted by molar-refractivity contribution is 0.247. The zero-order valence-corrected chi connectivity index (χ0v) is 13.0. The molecule has 0 aliphatic rings. The summed E-state index contributed by atoms with van der Waals surface area (Å²) in [5.74, 6) is 0. The Kier molecular flexibility index (Phi) is 4.31. The van der Waals surface area contributed by atoms with Crippen LogP contribution in [0.2, 0.25) is 0 Å². The molecule has 5 nitrogen and oxygen atoms in total. The number of hydrogen-bond acceptors (Lipinski definition) is 2.